The van der Waals surface area contributed by atoms with Crippen LogP contribution in [0.2, 0.25) is 0 Å². The van der Waals surface area contributed by atoms with E-state index in [-0.39, 0.29) is 97.3 Å². The molecule has 0 bridgehead atoms. The summed E-state index contributed by atoms with van der Waals surface area (Å²) < 4.78 is 74.1. The molecule has 740 valence electrons. The van der Waals surface area contributed by atoms with Crippen molar-refractivity contribution < 1.29 is 81.1 Å². The Kier molecular flexibility index (Phi) is 48.7. The van der Waals surface area contributed by atoms with Gasteiger partial charge in [-0.3, -0.25) is 33.6 Å². The molecule has 1 N–H and O–H groups in total. The molecule has 24 nitrogen and oxygen atoms in total. The summed E-state index contributed by atoms with van der Waals surface area (Å²) in [6.45, 7) is 16.8. The van der Waals surface area contributed by atoms with E-state index in [1.165, 1.54) is 18.9 Å². The molecule has 0 fully saturated rings. The van der Waals surface area contributed by atoms with E-state index in [2.05, 4.69) is 55.3 Å². The molecule has 0 aliphatic heterocycles. The lowest BCUT2D eigenvalue weighted by molar-refractivity contribution is -0.147. The van der Waals surface area contributed by atoms with Gasteiger partial charge in [0.25, 0.3) is 0 Å². The SMILES string of the molecule is C=CC(=O)OCCOCCOCCOC(=O)C=C.CCCCCOc1ccc2sc3ccccc3c(=O)c2c1.CN(CCCOc1ccc2sc3ccccc3c(=O)c2c1)CCC(=O)OCCOCCOCCOC(=O)CCN(C)CCCOc1ccc2sc3ccccc3c(=O)c2c1.ClCCCBr.O=c1c2ccccc2sc2ccc(O)cc12.O=c1c2ccccc2sc2ccc(OCCCCl)cc12. The fraction of sp³-hybridized carbons (Fsp3) is 0.324. The lowest BCUT2D eigenvalue weighted by Gasteiger charge is -2.16. The number of ether oxygens (including phenoxy) is 12. The van der Waals surface area contributed by atoms with Crippen LogP contribution >= 0.6 is 95.8 Å². The van der Waals surface area contributed by atoms with Gasteiger partial charge in [0.2, 0.25) is 0 Å². The summed E-state index contributed by atoms with van der Waals surface area (Å²) in [4.78, 5) is 113. The summed E-state index contributed by atoms with van der Waals surface area (Å²) in [6, 6.07) is 66.0. The van der Waals surface area contributed by atoms with Crippen molar-refractivity contribution in [2.75, 3.05) is 163 Å². The number of fused-ring (bicyclic) bond motifs is 10. The first-order chi connectivity index (χ1) is 68.2. The van der Waals surface area contributed by atoms with Gasteiger partial charge in [-0.25, -0.2) is 9.59 Å². The second-order valence-corrected chi connectivity index (χ2v) is 38.2. The molecule has 0 spiro atoms. The van der Waals surface area contributed by atoms with Crippen LogP contribution in [0.15, 0.2) is 262 Å². The number of alkyl halides is 3. The first-order valence-corrected chi connectivity index (χ1v) is 52.2. The van der Waals surface area contributed by atoms with Crippen LogP contribution in [-0.2, 0) is 57.1 Å². The molecule has 15 rings (SSSR count). The van der Waals surface area contributed by atoms with Crippen LogP contribution in [0.25, 0.3) is 101 Å². The summed E-state index contributed by atoms with van der Waals surface area (Å²) in [5.74, 6) is 2.81. The first kappa shape index (κ1) is 111. The summed E-state index contributed by atoms with van der Waals surface area (Å²) in [6.07, 6.45) is 9.53. The van der Waals surface area contributed by atoms with Gasteiger partial charge in [-0.05, 0) is 198 Å². The van der Waals surface area contributed by atoms with Gasteiger partial charge >= 0.3 is 23.9 Å². The average Bonchev–Trinajstić information content (AvgIpc) is 0.801. The molecule has 0 atom stereocenters. The summed E-state index contributed by atoms with van der Waals surface area (Å²) in [5, 5.41) is 17.5. The molecule has 0 amide bonds. The second kappa shape index (κ2) is 61.5. The van der Waals surface area contributed by atoms with Crippen molar-refractivity contribution in [1.29, 1.82) is 0 Å². The summed E-state index contributed by atoms with van der Waals surface area (Å²) in [5.41, 5.74) is 0.189. The van der Waals surface area contributed by atoms with E-state index in [1.54, 1.807) is 68.8 Å². The molecule has 0 unspecified atom stereocenters. The van der Waals surface area contributed by atoms with E-state index >= 15 is 0 Å². The van der Waals surface area contributed by atoms with Gasteiger partial charge in [-0.2, -0.15) is 0 Å². The Morgan fingerprint density at radius 3 is 0.871 bits per heavy atom. The zero-order valence-corrected chi connectivity index (χ0v) is 85.7. The highest BCUT2D eigenvalue weighted by atomic mass is 79.9. The molecule has 32 heteroatoms. The Balaban J connectivity index is 0.000000204. The predicted molar refractivity (Wildman–Crippen MR) is 577 cm³/mol. The molecule has 15 aromatic rings. The lowest BCUT2D eigenvalue weighted by Crippen LogP contribution is -2.25. The van der Waals surface area contributed by atoms with Gasteiger partial charge in [0.1, 0.15) is 55.2 Å². The van der Waals surface area contributed by atoms with Gasteiger partial charge in [0.15, 0.2) is 27.1 Å². The number of phenolic OH excluding ortho intramolecular Hbond substituents is 1. The maximum atomic E-state index is 12.9. The smallest absolute Gasteiger partial charge is 0.330 e. The van der Waals surface area contributed by atoms with Gasteiger partial charge < -0.3 is 71.7 Å². The van der Waals surface area contributed by atoms with Crippen LogP contribution in [0.1, 0.15) is 64.7 Å². The maximum Gasteiger partial charge on any atom is 0.330 e. The van der Waals surface area contributed by atoms with Gasteiger partial charge in [-0.15, -0.1) is 79.9 Å². The number of nitrogens with zero attached hydrogens (tertiary/aromatic N) is 2. The van der Waals surface area contributed by atoms with Crippen LogP contribution in [-0.4, -0.2) is 202 Å². The zero-order chi connectivity index (χ0) is 99.6. The van der Waals surface area contributed by atoms with Gasteiger partial charge in [0.05, 0.1) is 92.1 Å². The van der Waals surface area contributed by atoms with Crippen molar-refractivity contribution in [2.45, 2.75) is 64.7 Å². The van der Waals surface area contributed by atoms with Gasteiger partial charge in [-0.1, -0.05) is 110 Å². The van der Waals surface area contributed by atoms with Crippen LogP contribution in [0.5, 0.6) is 28.7 Å². The molecule has 0 aliphatic carbocycles. The normalized spacial score (nSPS) is 11.0. The number of carbonyl (C=O) groups is 4. The molecule has 5 aromatic heterocycles. The monoisotopic (exact) mass is 2100 g/mol. The number of benzene rings is 10. The largest absolute Gasteiger partial charge is 0.508 e. The summed E-state index contributed by atoms with van der Waals surface area (Å²) in [7, 11) is 3.90. The Bertz CT molecular complexity index is 6700. The Labute approximate surface area is 850 Å². The highest BCUT2D eigenvalue weighted by molar-refractivity contribution is 9.09. The minimum atomic E-state index is -0.473. The molecule has 140 heavy (non-hydrogen) atoms. The third-order valence-electron chi connectivity index (χ3n) is 20.9. The van der Waals surface area contributed by atoms with E-state index in [1.807, 2.05) is 208 Å². The number of unbranched alkanes of at least 4 members (excludes halogenated alkanes) is 2. The lowest BCUT2D eigenvalue weighted by atomic mass is 10.2. The fourth-order valence-electron chi connectivity index (χ4n) is 13.7. The molecule has 0 radical (unpaired) electrons. The standard InChI is InChI=1S/C46H52N2O10S2.C18H18O2S.C16H13ClO2S.C13H8O2S.C12H18O6.C3H6BrCl/c1-47(19-7-23-55-33-13-15-41-37(31-33)45(51)35-9-3-5-11-39(35)59-41)21-17-43(49)57-29-27-53-25-26-54-28-30-58-44(50)18-22-48(2)20-8-24-56-34-14-16-42-38(32-34)46(52)36-10-4-6-12-40(36)60-42;1-2-3-6-11-20-13-9-10-17-15(12-13)18(19)14-7-4-5-8-16(14)21-17;17-8-3-9-19-11-6-7-15-13(10-11)16(18)12-4-1-2-5-14(12)20-15;14-8-5-6-12-10(7-8)13(15)9-3-1-2-4-11(9)16-12;1-3-11(13)17-9-7-15-5-6-16-8-10-18-12(14)4-2;4-2-1-3-5/h3-6,9-16,31-32H,7-8,17-30H2,1-2H3;4-5,7-10,12H,2-3,6,11H2,1H3;1-2,4-7,10H,3,8-9H2;1-7,14H;3-4H,1-2,5-10H2;1-3H2. The van der Waals surface area contributed by atoms with E-state index in [4.69, 9.17) is 70.6 Å². The van der Waals surface area contributed by atoms with E-state index in [0.29, 0.717) is 118 Å². The maximum absolute atomic E-state index is 12.9. The van der Waals surface area contributed by atoms with E-state index in [9.17, 15) is 48.3 Å². The number of hydrogen-bond donors (Lipinski definition) is 1. The van der Waals surface area contributed by atoms with Crippen molar-refractivity contribution in [2.24, 2.45) is 0 Å². The second-order valence-electron chi connectivity index (χ2n) is 31.3. The number of esters is 4. The molecule has 0 saturated heterocycles. The molecule has 10 aromatic carbocycles. The minimum Gasteiger partial charge on any atom is -0.508 e. The molecule has 5 heterocycles. The zero-order valence-electron chi connectivity index (χ0n) is 78.5. The van der Waals surface area contributed by atoms with E-state index in [0.717, 1.165) is 159 Å². The van der Waals surface area contributed by atoms with Crippen LogP contribution in [0.3, 0.4) is 0 Å². The van der Waals surface area contributed by atoms with E-state index < -0.39 is 11.9 Å². The first-order valence-electron chi connectivity index (χ1n) is 45.9. The Morgan fingerprint density at radius 1 is 0.321 bits per heavy atom. The highest BCUT2D eigenvalue weighted by Crippen LogP contribution is 2.33. The van der Waals surface area contributed by atoms with Gasteiger partial charge in [0, 0.05) is 156 Å². The van der Waals surface area contributed by atoms with Crippen molar-refractivity contribution >= 4 is 221 Å². The number of carbonyl (C=O) groups excluding carboxylic acids is 4. The molecule has 0 saturated carbocycles. The van der Waals surface area contributed by atoms with Crippen molar-refractivity contribution in [3.8, 4) is 28.7 Å². The van der Waals surface area contributed by atoms with Crippen molar-refractivity contribution in [3.05, 3.63) is 289 Å². The van der Waals surface area contributed by atoms with Crippen molar-refractivity contribution in [1.82, 2.24) is 9.80 Å². The number of hydrogen-bond acceptors (Lipinski definition) is 29. The van der Waals surface area contributed by atoms with Crippen LogP contribution < -0.4 is 46.1 Å². The topological polar surface area (TPSA) is 291 Å². The third-order valence-corrected chi connectivity index (χ3v) is 27.7. The number of rotatable bonds is 47. The molecular weight excluding hydrogens is 1990 g/mol. The van der Waals surface area contributed by atoms with Crippen molar-refractivity contribution in [3.63, 3.8) is 0 Å². The Hall–Kier alpha value is -11.2. The number of phenols is 1. The molecule has 0 aliphatic rings. The minimum absolute atomic E-state index is 0.0137. The average molecular weight is 2100 g/mol. The van der Waals surface area contributed by atoms with Crippen LogP contribution in [0.4, 0.5) is 0 Å². The van der Waals surface area contributed by atoms with Crippen LogP contribution in [0, 0.1) is 0 Å². The predicted octanol–water partition coefficient (Wildman–Crippen LogP) is 22.2. The number of halogens is 3. The Morgan fingerprint density at radius 2 is 0.586 bits per heavy atom. The third kappa shape index (κ3) is 36.1. The highest BCUT2D eigenvalue weighted by Gasteiger charge is 2.16. The fourth-order valence-corrected chi connectivity index (χ4v) is 19.8. The number of aromatic hydroxyl groups is 1. The summed E-state index contributed by atoms with van der Waals surface area (Å²) >= 11 is 22.2. The quantitative estimate of drug-likeness (QED) is 0.00925. The molecular formula is C108H115BrCl2N2O22S5.